The van der Waals surface area contributed by atoms with Crippen LogP contribution in [0.2, 0.25) is 0 Å². The van der Waals surface area contributed by atoms with Crippen LogP contribution in [-0.4, -0.2) is 37.7 Å². The van der Waals surface area contributed by atoms with Gasteiger partial charge in [0.15, 0.2) is 0 Å². The quantitative estimate of drug-likeness (QED) is 0.865. The molecule has 1 heterocycles. The monoisotopic (exact) mass is 289 g/mol. The molecule has 1 aromatic carbocycles. The van der Waals surface area contributed by atoms with E-state index in [4.69, 9.17) is 0 Å². The number of benzene rings is 1. The Hall–Kier alpha value is -2.04. The van der Waals surface area contributed by atoms with E-state index in [1.165, 1.54) is 18.2 Å². The summed E-state index contributed by atoms with van der Waals surface area (Å²) in [7, 11) is 3.28. The lowest BCUT2D eigenvalue weighted by molar-refractivity contribution is 0.175. The highest BCUT2D eigenvalue weighted by Crippen LogP contribution is 2.33. The number of ether oxygens (including phenoxy) is 1. The third kappa shape index (κ3) is 3.17. The number of hydrogen-bond donors (Lipinski definition) is 1. The van der Waals surface area contributed by atoms with Gasteiger partial charge in [0.25, 0.3) is 0 Å². The third-order valence-corrected chi connectivity index (χ3v) is 3.74. The number of nitrogens with one attached hydrogen (secondary N) is 1. The summed E-state index contributed by atoms with van der Waals surface area (Å²) in [6.45, 7) is 7.24. The molecule has 2 rings (SSSR count). The molecule has 1 amide bonds. The van der Waals surface area contributed by atoms with Crippen molar-refractivity contribution in [3.8, 4) is 0 Å². The van der Waals surface area contributed by atoms with Crippen LogP contribution in [0.15, 0.2) is 29.3 Å². The maximum absolute atomic E-state index is 11.3. The number of nitrogens with zero attached hydrogens (tertiary/aromatic N) is 2. The molecule has 5 heteroatoms. The molecule has 1 atom stereocenters. The number of guanidine groups is 1. The molecule has 0 radical (unpaired) electrons. The molecule has 0 aromatic heterocycles. The number of amides is 1. The molecule has 0 aliphatic carbocycles. The van der Waals surface area contributed by atoms with Crippen molar-refractivity contribution in [1.82, 2.24) is 10.2 Å². The SMILES string of the molecule is COC(=O)NC1=NCC(c2ccccc2C(C)(C)C)N1C. The van der Waals surface area contributed by atoms with Crippen LogP contribution in [0.1, 0.15) is 37.9 Å². The van der Waals surface area contributed by atoms with Crippen molar-refractivity contribution in [3.05, 3.63) is 35.4 Å². The summed E-state index contributed by atoms with van der Waals surface area (Å²) >= 11 is 0. The number of alkyl carbamates (subject to hydrolysis) is 1. The van der Waals surface area contributed by atoms with E-state index >= 15 is 0 Å². The van der Waals surface area contributed by atoms with Crippen molar-refractivity contribution in [2.45, 2.75) is 32.2 Å². The van der Waals surface area contributed by atoms with Crippen LogP contribution in [0.5, 0.6) is 0 Å². The highest BCUT2D eigenvalue weighted by Gasteiger charge is 2.30. The molecule has 1 aromatic rings. The zero-order valence-corrected chi connectivity index (χ0v) is 13.3. The number of rotatable bonds is 1. The van der Waals surface area contributed by atoms with Gasteiger partial charge in [0.05, 0.1) is 19.7 Å². The van der Waals surface area contributed by atoms with Crippen molar-refractivity contribution in [1.29, 1.82) is 0 Å². The van der Waals surface area contributed by atoms with Gasteiger partial charge in [-0.3, -0.25) is 10.3 Å². The van der Waals surface area contributed by atoms with Gasteiger partial charge in [0.2, 0.25) is 5.96 Å². The number of carbonyl (C=O) groups is 1. The minimum atomic E-state index is -0.495. The second kappa shape index (κ2) is 5.76. The number of aliphatic imine (C=N–C) groups is 1. The Balaban J connectivity index is 2.25. The molecular formula is C16H23N3O2. The van der Waals surface area contributed by atoms with Gasteiger partial charge >= 0.3 is 6.09 Å². The smallest absolute Gasteiger partial charge is 0.413 e. The molecule has 0 fully saturated rings. The van der Waals surface area contributed by atoms with Crippen molar-refractivity contribution in [2.75, 3.05) is 20.7 Å². The number of methoxy groups -OCH3 is 1. The Bertz CT molecular complexity index is 561. The van der Waals surface area contributed by atoms with Gasteiger partial charge in [-0.15, -0.1) is 0 Å². The standard InChI is InChI=1S/C16H23N3O2/c1-16(2,3)12-9-7-6-8-11(12)13-10-17-14(19(13)4)18-15(20)21-5/h6-9,13H,10H2,1-5H3,(H,17,18,20). The first kappa shape index (κ1) is 15.4. The summed E-state index contributed by atoms with van der Waals surface area (Å²) in [5.41, 5.74) is 2.62. The van der Waals surface area contributed by atoms with Crippen LogP contribution >= 0.6 is 0 Å². The molecule has 1 unspecified atom stereocenters. The first-order chi connectivity index (χ1) is 9.84. The predicted octanol–water partition coefficient (Wildman–Crippen LogP) is 2.68. The van der Waals surface area contributed by atoms with Gasteiger partial charge in [-0.2, -0.15) is 0 Å². The number of likely N-dealkylation sites (N-methyl/N-ethyl adjacent to an activating group) is 1. The molecule has 21 heavy (non-hydrogen) atoms. The van der Waals surface area contributed by atoms with E-state index in [9.17, 15) is 4.79 Å². The Morgan fingerprint density at radius 1 is 1.38 bits per heavy atom. The van der Waals surface area contributed by atoms with Crippen LogP contribution in [0, 0.1) is 0 Å². The highest BCUT2D eigenvalue weighted by atomic mass is 16.5. The fraction of sp³-hybridized carbons (Fsp3) is 0.500. The summed E-state index contributed by atoms with van der Waals surface area (Å²) < 4.78 is 4.62. The Kier molecular flexibility index (Phi) is 4.21. The maximum atomic E-state index is 11.3. The number of carbonyl (C=O) groups excluding carboxylic acids is 1. The second-order valence-electron chi connectivity index (χ2n) is 6.24. The van der Waals surface area contributed by atoms with Crippen LogP contribution in [0.3, 0.4) is 0 Å². The van der Waals surface area contributed by atoms with Crippen molar-refractivity contribution in [2.24, 2.45) is 4.99 Å². The highest BCUT2D eigenvalue weighted by molar-refractivity contribution is 5.94. The van der Waals surface area contributed by atoms with Crippen molar-refractivity contribution < 1.29 is 9.53 Å². The van der Waals surface area contributed by atoms with Crippen LogP contribution in [0.25, 0.3) is 0 Å². The Morgan fingerprint density at radius 2 is 2.05 bits per heavy atom. The summed E-state index contributed by atoms with van der Waals surface area (Å²) in [5.74, 6) is 0.551. The molecule has 1 aliphatic heterocycles. The minimum absolute atomic E-state index is 0.0654. The average Bonchev–Trinajstić information content (AvgIpc) is 2.79. The van der Waals surface area contributed by atoms with Gasteiger partial charge in [-0.05, 0) is 16.5 Å². The molecular weight excluding hydrogens is 266 g/mol. The molecule has 0 saturated carbocycles. The van der Waals surface area contributed by atoms with Gasteiger partial charge < -0.3 is 9.64 Å². The van der Waals surface area contributed by atoms with Gasteiger partial charge in [0.1, 0.15) is 0 Å². The van der Waals surface area contributed by atoms with Gasteiger partial charge in [-0.25, -0.2) is 4.79 Å². The van der Waals surface area contributed by atoms with E-state index in [2.05, 4.69) is 54.0 Å². The van der Waals surface area contributed by atoms with Crippen LogP contribution in [-0.2, 0) is 10.2 Å². The summed E-state index contributed by atoms with van der Waals surface area (Å²) in [4.78, 5) is 17.7. The molecule has 114 valence electrons. The topological polar surface area (TPSA) is 53.9 Å². The lowest BCUT2D eigenvalue weighted by atomic mass is 9.81. The molecule has 5 nitrogen and oxygen atoms in total. The lowest BCUT2D eigenvalue weighted by Gasteiger charge is -2.29. The average molecular weight is 289 g/mol. The summed E-state index contributed by atoms with van der Waals surface area (Å²) in [6, 6.07) is 8.54. The predicted molar refractivity (Wildman–Crippen MR) is 83.5 cm³/mol. The maximum Gasteiger partial charge on any atom is 0.413 e. The minimum Gasteiger partial charge on any atom is -0.453 e. The van der Waals surface area contributed by atoms with E-state index in [1.807, 2.05) is 18.0 Å². The fourth-order valence-corrected chi connectivity index (χ4v) is 2.60. The molecule has 1 aliphatic rings. The largest absolute Gasteiger partial charge is 0.453 e. The summed E-state index contributed by atoms with van der Waals surface area (Å²) in [6.07, 6.45) is -0.495. The van der Waals surface area contributed by atoms with E-state index in [-0.39, 0.29) is 11.5 Å². The number of hydrogen-bond acceptors (Lipinski definition) is 4. The zero-order valence-electron chi connectivity index (χ0n) is 13.3. The lowest BCUT2D eigenvalue weighted by Crippen LogP contribution is -2.40. The summed E-state index contributed by atoms with van der Waals surface area (Å²) in [5, 5.41) is 2.65. The van der Waals surface area contributed by atoms with Crippen molar-refractivity contribution >= 4 is 12.1 Å². The second-order valence-corrected chi connectivity index (χ2v) is 6.24. The van der Waals surface area contributed by atoms with Crippen LogP contribution in [0.4, 0.5) is 4.79 Å². The zero-order chi connectivity index (χ0) is 15.6. The molecule has 0 bridgehead atoms. The van der Waals surface area contributed by atoms with Crippen LogP contribution < -0.4 is 5.32 Å². The first-order valence-corrected chi connectivity index (χ1v) is 7.06. The third-order valence-electron chi connectivity index (χ3n) is 3.74. The Labute approximate surface area is 126 Å². The van der Waals surface area contributed by atoms with Gasteiger partial charge in [-0.1, -0.05) is 45.0 Å². The normalized spacial score (nSPS) is 18.4. The Morgan fingerprint density at radius 3 is 2.67 bits per heavy atom. The van der Waals surface area contributed by atoms with E-state index in [1.54, 1.807) is 0 Å². The van der Waals surface area contributed by atoms with E-state index in [0.29, 0.717) is 12.5 Å². The first-order valence-electron chi connectivity index (χ1n) is 7.06. The van der Waals surface area contributed by atoms with Gasteiger partial charge in [0, 0.05) is 7.05 Å². The van der Waals surface area contributed by atoms with E-state index < -0.39 is 6.09 Å². The van der Waals surface area contributed by atoms with E-state index in [0.717, 1.165) is 0 Å². The fourth-order valence-electron chi connectivity index (χ4n) is 2.60. The molecule has 0 spiro atoms. The molecule has 1 N–H and O–H groups in total. The van der Waals surface area contributed by atoms with Crippen molar-refractivity contribution in [3.63, 3.8) is 0 Å². The molecule has 0 saturated heterocycles.